The number of phenolic OH excluding ortho intramolecular Hbond substituents is 1. The van der Waals surface area contributed by atoms with Crippen LogP contribution in [0.25, 0.3) is 28.3 Å². The van der Waals surface area contributed by atoms with Crippen LogP contribution in [0.2, 0.25) is 0 Å². The lowest BCUT2D eigenvalue weighted by atomic mass is 10.1. The monoisotopic (exact) mass is 348 g/mol. The van der Waals surface area contributed by atoms with Crippen molar-refractivity contribution in [2.24, 2.45) is 0 Å². The predicted molar refractivity (Wildman–Crippen MR) is 99.7 cm³/mol. The molecule has 0 saturated carbocycles. The van der Waals surface area contributed by atoms with Gasteiger partial charge in [0.05, 0.1) is 11.4 Å². The lowest BCUT2D eigenvalue weighted by molar-refractivity contribution is 0.477. The van der Waals surface area contributed by atoms with Crippen molar-refractivity contribution in [3.8, 4) is 28.3 Å². The molecule has 2 heterocycles. The highest BCUT2D eigenvalue weighted by Gasteiger charge is 2.15. The molecule has 0 fully saturated rings. The Morgan fingerprint density at radius 1 is 1.00 bits per heavy atom. The fraction of sp³-hybridized carbons (Fsp3) is 0.105. The van der Waals surface area contributed by atoms with Crippen LogP contribution in [0.4, 0.5) is 0 Å². The van der Waals surface area contributed by atoms with E-state index in [0.717, 1.165) is 22.7 Å². The summed E-state index contributed by atoms with van der Waals surface area (Å²) in [4.78, 5) is 9.19. The van der Waals surface area contributed by atoms with E-state index < -0.39 is 0 Å². The molecular weight excluding hydrogens is 332 g/mol. The zero-order valence-corrected chi connectivity index (χ0v) is 14.4. The number of thioether (sulfide) groups is 1. The Morgan fingerprint density at radius 2 is 1.76 bits per heavy atom. The van der Waals surface area contributed by atoms with Gasteiger partial charge in [-0.25, -0.2) is 4.98 Å². The highest BCUT2D eigenvalue weighted by atomic mass is 32.2. The van der Waals surface area contributed by atoms with Crippen LogP contribution in [0.5, 0.6) is 5.75 Å². The summed E-state index contributed by atoms with van der Waals surface area (Å²) < 4.78 is 1.69. The van der Waals surface area contributed by atoms with Gasteiger partial charge in [0, 0.05) is 11.1 Å². The van der Waals surface area contributed by atoms with E-state index in [4.69, 9.17) is 0 Å². The van der Waals surface area contributed by atoms with Gasteiger partial charge in [-0.05, 0) is 24.0 Å². The number of hydrogen-bond donors (Lipinski definition) is 1. The molecule has 0 spiro atoms. The van der Waals surface area contributed by atoms with Crippen molar-refractivity contribution in [3.63, 3.8) is 0 Å². The van der Waals surface area contributed by atoms with Gasteiger partial charge in [-0.15, -0.1) is 5.10 Å². The van der Waals surface area contributed by atoms with Gasteiger partial charge >= 0.3 is 0 Å². The molecule has 5 nitrogen and oxygen atoms in total. The Bertz CT molecular complexity index is 1030. The van der Waals surface area contributed by atoms with E-state index in [1.807, 2.05) is 48.5 Å². The lowest BCUT2D eigenvalue weighted by Crippen LogP contribution is -1.99. The first-order chi connectivity index (χ1) is 12.3. The molecule has 0 aliphatic rings. The third-order valence-electron chi connectivity index (χ3n) is 3.82. The summed E-state index contributed by atoms with van der Waals surface area (Å²) in [7, 11) is 0. The molecule has 124 valence electrons. The third kappa shape index (κ3) is 2.96. The fourth-order valence-electron chi connectivity index (χ4n) is 2.68. The minimum Gasteiger partial charge on any atom is -0.507 e. The number of fused-ring (bicyclic) bond motifs is 1. The maximum Gasteiger partial charge on any atom is 0.254 e. The lowest BCUT2D eigenvalue weighted by Gasteiger charge is -2.09. The van der Waals surface area contributed by atoms with Gasteiger partial charge in [-0.3, -0.25) is 0 Å². The minimum absolute atomic E-state index is 0.203. The normalized spacial score (nSPS) is 11.1. The van der Waals surface area contributed by atoms with Crippen LogP contribution >= 0.6 is 11.8 Å². The van der Waals surface area contributed by atoms with E-state index in [1.165, 1.54) is 0 Å². The number of nitrogens with zero attached hydrogens (tertiary/aromatic N) is 4. The van der Waals surface area contributed by atoms with Gasteiger partial charge in [0.15, 0.2) is 0 Å². The molecule has 2 aromatic carbocycles. The number of phenols is 1. The summed E-state index contributed by atoms with van der Waals surface area (Å²) in [6.45, 7) is 2.06. The molecule has 0 radical (unpaired) electrons. The van der Waals surface area contributed by atoms with Crippen LogP contribution in [0.15, 0.2) is 65.8 Å². The van der Waals surface area contributed by atoms with Gasteiger partial charge in [-0.2, -0.15) is 9.50 Å². The first-order valence-electron chi connectivity index (χ1n) is 8.00. The molecule has 0 amide bonds. The number of hydrogen-bond acceptors (Lipinski definition) is 5. The largest absolute Gasteiger partial charge is 0.507 e. The maximum absolute atomic E-state index is 10.3. The van der Waals surface area contributed by atoms with E-state index in [1.54, 1.807) is 28.4 Å². The smallest absolute Gasteiger partial charge is 0.254 e. The predicted octanol–water partition coefficient (Wildman–Crippen LogP) is 4.28. The van der Waals surface area contributed by atoms with Crippen molar-refractivity contribution in [1.82, 2.24) is 19.6 Å². The topological polar surface area (TPSA) is 63.3 Å². The minimum atomic E-state index is 0.203. The van der Waals surface area contributed by atoms with Crippen LogP contribution in [-0.2, 0) is 0 Å². The van der Waals surface area contributed by atoms with Crippen LogP contribution in [0.1, 0.15) is 6.92 Å². The second-order valence-corrected chi connectivity index (χ2v) is 6.68. The SMILES string of the molecule is CCSc1nc2nc(-c3ccccc3)cc(-c3ccccc3O)n2n1. The van der Waals surface area contributed by atoms with Crippen LogP contribution in [0.3, 0.4) is 0 Å². The highest BCUT2D eigenvalue weighted by molar-refractivity contribution is 7.99. The molecule has 0 saturated heterocycles. The van der Waals surface area contributed by atoms with E-state index in [9.17, 15) is 5.11 Å². The summed E-state index contributed by atoms with van der Waals surface area (Å²) in [5.74, 6) is 1.61. The first-order valence-corrected chi connectivity index (χ1v) is 8.99. The van der Waals surface area contributed by atoms with Gasteiger partial charge in [0.1, 0.15) is 5.75 Å². The van der Waals surface area contributed by atoms with Crippen molar-refractivity contribution in [2.75, 3.05) is 5.75 Å². The zero-order chi connectivity index (χ0) is 17.2. The standard InChI is InChI=1S/C19H16N4OS/c1-2-25-19-21-18-20-15(13-8-4-3-5-9-13)12-16(23(18)22-19)14-10-6-7-11-17(14)24/h3-12,24H,2H2,1H3. The Morgan fingerprint density at radius 3 is 2.52 bits per heavy atom. The molecule has 0 aliphatic carbocycles. The summed E-state index contributed by atoms with van der Waals surface area (Å²) in [6.07, 6.45) is 0. The summed E-state index contributed by atoms with van der Waals surface area (Å²) in [5, 5.41) is 15.5. The number of aromatic nitrogens is 4. The summed E-state index contributed by atoms with van der Waals surface area (Å²) in [5.41, 5.74) is 3.25. The van der Waals surface area contributed by atoms with E-state index in [0.29, 0.717) is 16.5 Å². The molecule has 1 N–H and O–H groups in total. The Kier molecular flexibility index (Phi) is 4.11. The van der Waals surface area contributed by atoms with Crippen molar-refractivity contribution in [3.05, 3.63) is 60.7 Å². The Hall–Kier alpha value is -2.86. The van der Waals surface area contributed by atoms with Crippen molar-refractivity contribution < 1.29 is 5.11 Å². The van der Waals surface area contributed by atoms with Crippen molar-refractivity contribution in [1.29, 1.82) is 0 Å². The molecule has 0 aliphatic heterocycles. The molecule has 2 aromatic heterocycles. The maximum atomic E-state index is 10.3. The van der Waals surface area contributed by atoms with Gasteiger partial charge < -0.3 is 5.11 Å². The summed E-state index contributed by atoms with van der Waals surface area (Å²) >= 11 is 1.57. The molecule has 0 unspecified atom stereocenters. The van der Waals surface area contributed by atoms with Crippen LogP contribution in [-0.4, -0.2) is 30.4 Å². The van der Waals surface area contributed by atoms with E-state index in [2.05, 4.69) is 22.0 Å². The molecule has 4 aromatic rings. The van der Waals surface area contributed by atoms with E-state index >= 15 is 0 Å². The second-order valence-electron chi connectivity index (χ2n) is 5.45. The molecule has 4 rings (SSSR count). The van der Waals surface area contributed by atoms with E-state index in [-0.39, 0.29) is 5.75 Å². The highest BCUT2D eigenvalue weighted by Crippen LogP contribution is 2.31. The Balaban J connectivity index is 1.99. The number of rotatable bonds is 4. The van der Waals surface area contributed by atoms with Gasteiger partial charge in [0.2, 0.25) is 5.16 Å². The summed E-state index contributed by atoms with van der Waals surface area (Å²) in [6, 6.07) is 19.1. The zero-order valence-electron chi connectivity index (χ0n) is 13.6. The molecule has 6 heteroatoms. The third-order valence-corrected chi connectivity index (χ3v) is 4.54. The van der Waals surface area contributed by atoms with Crippen LogP contribution < -0.4 is 0 Å². The molecule has 0 atom stereocenters. The number of benzene rings is 2. The van der Waals surface area contributed by atoms with Crippen molar-refractivity contribution in [2.45, 2.75) is 12.1 Å². The Labute approximate surface area is 149 Å². The average Bonchev–Trinajstić information content (AvgIpc) is 3.05. The quantitative estimate of drug-likeness (QED) is 0.558. The number of aromatic hydroxyl groups is 1. The van der Waals surface area contributed by atoms with Gasteiger partial charge in [-0.1, -0.05) is 61.2 Å². The fourth-order valence-corrected chi connectivity index (χ4v) is 3.22. The molecule has 25 heavy (non-hydrogen) atoms. The molecular formula is C19H16N4OS. The second kappa shape index (κ2) is 6.57. The van der Waals surface area contributed by atoms with Crippen LogP contribution in [0, 0.1) is 0 Å². The number of para-hydroxylation sites is 1. The first kappa shape index (κ1) is 15.7. The molecule has 0 bridgehead atoms. The van der Waals surface area contributed by atoms with Crippen molar-refractivity contribution >= 4 is 17.5 Å². The van der Waals surface area contributed by atoms with Gasteiger partial charge in [0.25, 0.3) is 5.78 Å². The average molecular weight is 348 g/mol.